The van der Waals surface area contributed by atoms with E-state index in [0.717, 1.165) is 57.2 Å². The lowest BCUT2D eigenvalue weighted by atomic mass is 10.1. The Balaban J connectivity index is 1.23. The second kappa shape index (κ2) is 18.8. The Kier molecular flexibility index (Phi) is 14.3. The van der Waals surface area contributed by atoms with Crippen LogP contribution in [0.15, 0.2) is 92.4 Å². The van der Waals surface area contributed by atoms with E-state index >= 15 is 0 Å². The fraction of sp³-hybridized carbons (Fsp3) is 0.263. The molecule has 4 N–H and O–H groups in total. The molecule has 66 heavy (non-hydrogen) atoms. The molecule has 2 aliphatic rings. The quantitative estimate of drug-likeness (QED) is 0.103. The van der Waals surface area contributed by atoms with Crippen LogP contribution in [0.25, 0.3) is 12.2 Å². The van der Waals surface area contributed by atoms with E-state index in [9.17, 15) is 69.2 Å². The summed E-state index contributed by atoms with van der Waals surface area (Å²) in [5, 5.41) is 4.80. The van der Waals surface area contributed by atoms with E-state index in [1.54, 1.807) is 0 Å². The van der Waals surface area contributed by atoms with Gasteiger partial charge in [-0.3, -0.25) is 18.7 Å². The van der Waals surface area contributed by atoms with Crippen LogP contribution in [0.4, 0.5) is 11.4 Å². The van der Waals surface area contributed by atoms with Gasteiger partial charge < -0.3 is 20.1 Å². The predicted molar refractivity (Wildman–Crippen MR) is 238 cm³/mol. The van der Waals surface area contributed by atoms with E-state index in [2.05, 4.69) is 10.6 Å². The monoisotopic (exact) mass is 1030 g/mol. The minimum atomic E-state index is -5.06. The topological polar surface area (TPSA) is 328 Å². The van der Waals surface area contributed by atoms with Gasteiger partial charge in [0, 0.05) is 48.7 Å². The highest BCUT2D eigenvalue weighted by atomic mass is 32.2. The molecule has 0 radical (unpaired) electrons. The molecule has 2 heterocycles. The molecular weight excluding hydrogens is 993 g/mol. The number of rotatable bonds is 14. The summed E-state index contributed by atoms with van der Waals surface area (Å²) in [5.74, 6) is -3.77. The van der Waals surface area contributed by atoms with E-state index in [0.29, 0.717) is 0 Å². The number of anilines is 2. The number of methoxy groups -OCH3 is 2. The van der Waals surface area contributed by atoms with Gasteiger partial charge >= 0.3 is 0 Å². The molecule has 28 heteroatoms. The molecule has 0 aromatic heterocycles. The molecule has 0 aliphatic carbocycles. The summed E-state index contributed by atoms with van der Waals surface area (Å²) in [4.78, 5) is 24.3. The SMILES string of the molecule is COc1ccc(C(=O)Nc2ccc(/C=C/c3ccc(NC(=O)c4ccc(OC)c(S(=O)(=O)N5CCS(=O)(=O)CC5)c4)cc3S(=O)(=O)O)c(S(=O)(=O)O)c2)cc1S(=O)(=O)N1CCS(=O)(=O)CC1. The molecule has 2 amide bonds. The third-order valence-electron chi connectivity index (χ3n) is 10.2. The van der Waals surface area contributed by atoms with Crippen LogP contribution in [-0.4, -0.2) is 143 Å². The Morgan fingerprint density at radius 1 is 0.530 bits per heavy atom. The lowest BCUT2D eigenvalue weighted by Gasteiger charge is -2.26. The summed E-state index contributed by atoms with van der Waals surface area (Å²) in [7, 11) is -23.3. The molecule has 2 saturated heterocycles. The number of ether oxygens (including phenoxy) is 2. The normalized spacial score (nSPS) is 17.2. The summed E-state index contributed by atoms with van der Waals surface area (Å²) >= 11 is 0. The highest BCUT2D eigenvalue weighted by Gasteiger charge is 2.35. The zero-order chi connectivity index (χ0) is 48.6. The minimum Gasteiger partial charge on any atom is -0.495 e. The van der Waals surface area contributed by atoms with Crippen molar-refractivity contribution in [2.75, 3.05) is 74.0 Å². The number of hydrogen-bond donors (Lipinski definition) is 4. The number of amides is 2. The average Bonchev–Trinajstić information content (AvgIpc) is 3.24. The molecule has 22 nitrogen and oxygen atoms in total. The zero-order valence-corrected chi connectivity index (χ0v) is 39.4. The van der Waals surface area contributed by atoms with Crippen LogP contribution in [0.5, 0.6) is 11.5 Å². The van der Waals surface area contributed by atoms with Crippen molar-refractivity contribution in [2.24, 2.45) is 0 Å². The van der Waals surface area contributed by atoms with Crippen molar-refractivity contribution in [1.29, 1.82) is 0 Å². The first-order valence-electron chi connectivity index (χ1n) is 19.0. The van der Waals surface area contributed by atoms with Crippen LogP contribution in [0, 0.1) is 0 Å². The van der Waals surface area contributed by atoms with Crippen LogP contribution in [0.2, 0.25) is 0 Å². The summed E-state index contributed by atoms with van der Waals surface area (Å²) in [6, 6.07) is 13.2. The predicted octanol–water partition coefficient (Wildman–Crippen LogP) is 1.71. The average molecular weight is 1030 g/mol. The van der Waals surface area contributed by atoms with Crippen molar-refractivity contribution >= 4 is 95.3 Å². The number of carbonyl (C=O) groups excluding carboxylic acids is 2. The molecule has 0 atom stereocenters. The number of carbonyl (C=O) groups is 2. The van der Waals surface area contributed by atoms with Gasteiger partial charge in [-0.15, -0.1) is 0 Å². The van der Waals surface area contributed by atoms with E-state index < -0.39 is 114 Å². The maximum absolute atomic E-state index is 13.5. The molecule has 0 spiro atoms. The molecule has 2 aliphatic heterocycles. The van der Waals surface area contributed by atoms with E-state index in [1.165, 1.54) is 50.6 Å². The minimum absolute atomic E-state index is 0.142. The Labute approximate surface area is 380 Å². The number of hydrogen-bond acceptors (Lipinski definition) is 16. The highest BCUT2D eigenvalue weighted by Crippen LogP contribution is 2.32. The molecule has 4 aromatic carbocycles. The molecule has 0 unspecified atom stereocenters. The van der Waals surface area contributed by atoms with Gasteiger partial charge in [0.1, 0.15) is 31.1 Å². The highest BCUT2D eigenvalue weighted by molar-refractivity contribution is 7.92. The summed E-state index contributed by atoms with van der Waals surface area (Å²) in [5.41, 5.74) is -1.35. The smallest absolute Gasteiger partial charge is 0.295 e. The maximum atomic E-state index is 13.5. The third kappa shape index (κ3) is 11.3. The molecular formula is C38H40N4O18S6. The van der Waals surface area contributed by atoms with Crippen molar-refractivity contribution < 1.29 is 78.7 Å². The summed E-state index contributed by atoms with van der Waals surface area (Å²) in [6.45, 7) is -1.30. The Morgan fingerprint density at radius 3 is 1.17 bits per heavy atom. The number of sulfonamides is 2. The Morgan fingerprint density at radius 2 is 0.864 bits per heavy atom. The first-order chi connectivity index (χ1) is 30.6. The lowest BCUT2D eigenvalue weighted by molar-refractivity contribution is 0.101. The van der Waals surface area contributed by atoms with Crippen molar-refractivity contribution in [2.45, 2.75) is 19.6 Å². The number of nitrogens with zero attached hydrogens (tertiary/aromatic N) is 2. The van der Waals surface area contributed by atoms with Crippen molar-refractivity contribution in [3.05, 3.63) is 95.1 Å². The molecule has 2 fully saturated rings. The number of sulfone groups is 2. The standard InChI is InChI=1S/C38H40N4O18S6/c1-59-31-11-7-27(21-35(31)63(49,50)41-13-17-61(45,46)18-14-41)37(43)39-29-9-5-25(33(23-29)65(53,54)55)3-4-26-6-10-30(24-34(26)66(56,57)58)40-38(44)28-8-12-32(60-2)36(22-28)64(51,52)42-15-19-62(47,48)20-16-42/h3-12,21-24H,13-20H2,1-2H3,(H,39,43)(H,40,44)(H,53,54,55)(H,56,57,58)/b4-3+. The second-order valence-corrected chi connectivity index (χ2v) is 25.7. The van der Waals surface area contributed by atoms with E-state index in [4.69, 9.17) is 9.47 Å². The van der Waals surface area contributed by atoms with Gasteiger partial charge in [-0.2, -0.15) is 25.4 Å². The Bertz CT molecular complexity index is 3110. The maximum Gasteiger partial charge on any atom is 0.295 e. The zero-order valence-electron chi connectivity index (χ0n) is 34.5. The van der Waals surface area contributed by atoms with E-state index in [-0.39, 0.29) is 71.3 Å². The van der Waals surface area contributed by atoms with Crippen molar-refractivity contribution in [1.82, 2.24) is 8.61 Å². The van der Waals surface area contributed by atoms with E-state index in [1.807, 2.05) is 0 Å². The first kappa shape index (κ1) is 50.1. The molecule has 0 saturated carbocycles. The Hall–Kier alpha value is -5.30. The van der Waals surface area contributed by atoms with Gasteiger partial charge in [0.05, 0.1) is 37.2 Å². The van der Waals surface area contributed by atoms with Gasteiger partial charge in [-0.25, -0.2) is 33.7 Å². The number of benzene rings is 4. The first-order valence-corrected chi connectivity index (χ1v) is 28.4. The fourth-order valence-electron chi connectivity index (χ4n) is 6.72. The molecule has 356 valence electrons. The third-order valence-corrected chi connectivity index (χ3v) is 19.1. The van der Waals surface area contributed by atoms with Gasteiger partial charge in [-0.1, -0.05) is 24.3 Å². The van der Waals surface area contributed by atoms with Crippen LogP contribution in [0.1, 0.15) is 31.8 Å². The molecule has 6 rings (SSSR count). The summed E-state index contributed by atoms with van der Waals surface area (Å²) < 4.78 is 184. The number of nitrogens with one attached hydrogen (secondary N) is 2. The second-order valence-electron chi connectivity index (χ2n) is 14.5. The van der Waals surface area contributed by atoms with Crippen molar-refractivity contribution in [3.8, 4) is 11.5 Å². The van der Waals surface area contributed by atoms with Gasteiger partial charge in [0.25, 0.3) is 32.1 Å². The van der Waals surface area contributed by atoms with Gasteiger partial charge in [-0.05, 0) is 71.8 Å². The van der Waals surface area contributed by atoms with Gasteiger partial charge in [0.2, 0.25) is 20.0 Å². The van der Waals surface area contributed by atoms with Crippen LogP contribution >= 0.6 is 0 Å². The van der Waals surface area contributed by atoms with Crippen LogP contribution < -0.4 is 20.1 Å². The summed E-state index contributed by atoms with van der Waals surface area (Å²) in [6.07, 6.45) is 2.11. The lowest BCUT2D eigenvalue weighted by Crippen LogP contribution is -2.43. The fourth-order valence-corrected chi connectivity index (χ4v) is 14.3. The van der Waals surface area contributed by atoms with Crippen LogP contribution in [-0.2, 0) is 60.0 Å². The molecule has 4 aromatic rings. The van der Waals surface area contributed by atoms with Crippen molar-refractivity contribution in [3.63, 3.8) is 0 Å². The van der Waals surface area contributed by atoms with Gasteiger partial charge in [0.15, 0.2) is 19.7 Å². The molecule has 0 bridgehead atoms. The largest absolute Gasteiger partial charge is 0.495 e. The van der Waals surface area contributed by atoms with Crippen LogP contribution in [0.3, 0.4) is 0 Å².